The number of fused-ring (bicyclic) bond motifs is 1. The van der Waals surface area contributed by atoms with Crippen molar-refractivity contribution in [3.63, 3.8) is 0 Å². The molecule has 2 nitrogen and oxygen atoms in total. The van der Waals surface area contributed by atoms with Crippen molar-refractivity contribution < 1.29 is 0 Å². The van der Waals surface area contributed by atoms with Gasteiger partial charge >= 0.3 is 0 Å². The Morgan fingerprint density at radius 1 is 0.909 bits per heavy atom. The lowest BCUT2D eigenvalue weighted by Gasteiger charge is -2.19. The molecule has 3 heteroatoms. The number of hydrogen-bond acceptors (Lipinski definition) is 2. The monoisotopic (exact) mass is 354 g/mol. The van der Waals surface area contributed by atoms with Crippen molar-refractivity contribution >= 4 is 39.7 Å². The maximum atomic E-state index is 4.44. The molecule has 0 amide bonds. The van der Waals surface area contributed by atoms with Gasteiger partial charge in [0.15, 0.2) is 0 Å². The normalized spacial score (nSPS) is 11.1. The van der Waals surface area contributed by atoms with Gasteiger partial charge in [-0.05, 0) is 23.8 Å². The molecule has 0 radical (unpaired) electrons. The highest BCUT2D eigenvalue weighted by molar-refractivity contribution is 8.93. The van der Waals surface area contributed by atoms with Crippen molar-refractivity contribution in [1.29, 1.82) is 0 Å². The van der Waals surface area contributed by atoms with Crippen LogP contribution in [0.4, 0.5) is 0 Å². The lowest BCUT2D eigenvalue weighted by Crippen LogP contribution is -2.10. The Kier molecular flexibility index (Phi) is 5.34. The molecular weight excluding hydrogens is 336 g/mol. The first-order valence-corrected chi connectivity index (χ1v) is 7.04. The van der Waals surface area contributed by atoms with Crippen LogP contribution in [0.1, 0.15) is 11.1 Å². The molecule has 0 N–H and O–H groups in total. The highest BCUT2D eigenvalue weighted by Crippen LogP contribution is 2.26. The molecule has 22 heavy (non-hydrogen) atoms. The summed E-state index contributed by atoms with van der Waals surface area (Å²) < 4.78 is 0. The van der Waals surface area contributed by atoms with E-state index in [0.29, 0.717) is 0 Å². The fraction of sp³-hybridized carbons (Fsp3) is 0.105. The molecule has 0 atom stereocenters. The van der Waals surface area contributed by atoms with Gasteiger partial charge in [0.25, 0.3) is 0 Å². The molecule has 1 heterocycles. The molecule has 2 aromatic carbocycles. The molecule has 0 fully saturated rings. The average Bonchev–Trinajstić information content (AvgIpc) is 2.53. The van der Waals surface area contributed by atoms with Gasteiger partial charge in [0, 0.05) is 36.9 Å². The number of benzene rings is 2. The Bertz CT molecular complexity index is 774. The molecule has 0 saturated heterocycles. The number of aromatic nitrogens is 1. The zero-order valence-corrected chi connectivity index (χ0v) is 14.4. The number of rotatable bonds is 3. The van der Waals surface area contributed by atoms with Gasteiger partial charge in [-0.1, -0.05) is 48.5 Å². The van der Waals surface area contributed by atoms with Crippen LogP contribution in [-0.2, 0) is 0 Å². The summed E-state index contributed by atoms with van der Waals surface area (Å²) in [4.78, 5) is 6.59. The van der Waals surface area contributed by atoms with Gasteiger partial charge in [-0.15, -0.1) is 17.0 Å². The maximum absolute atomic E-state index is 4.44. The third kappa shape index (κ3) is 3.37. The van der Waals surface area contributed by atoms with Gasteiger partial charge in [-0.2, -0.15) is 0 Å². The highest BCUT2D eigenvalue weighted by Gasteiger charge is 2.09. The van der Waals surface area contributed by atoms with Gasteiger partial charge < -0.3 is 4.90 Å². The molecule has 0 aliphatic carbocycles. The van der Waals surface area contributed by atoms with Crippen LogP contribution in [0.3, 0.4) is 0 Å². The average molecular weight is 355 g/mol. The van der Waals surface area contributed by atoms with Crippen LogP contribution < -0.4 is 0 Å². The predicted octanol–water partition coefficient (Wildman–Crippen LogP) is 4.87. The zero-order valence-electron chi connectivity index (χ0n) is 12.7. The summed E-state index contributed by atoms with van der Waals surface area (Å²) in [5.74, 6) is 0. The molecule has 0 saturated carbocycles. The minimum atomic E-state index is 0. The first kappa shape index (κ1) is 16.2. The van der Waals surface area contributed by atoms with Crippen molar-refractivity contribution in [1.82, 2.24) is 9.88 Å². The molecule has 0 unspecified atom stereocenters. The number of halogens is 1. The SMILES string of the molecule is Br.CN(C)C(=Cc1ccccc1)c1ccnc2ccccc12. The Balaban J connectivity index is 0.00000176. The number of nitrogens with zero attached hydrogens (tertiary/aromatic N) is 2. The largest absolute Gasteiger partial charge is 0.377 e. The van der Waals surface area contributed by atoms with Crippen molar-refractivity contribution in [2.24, 2.45) is 0 Å². The van der Waals surface area contributed by atoms with E-state index in [4.69, 9.17) is 0 Å². The summed E-state index contributed by atoms with van der Waals surface area (Å²) in [5, 5.41) is 1.18. The Hall–Kier alpha value is -2.13. The van der Waals surface area contributed by atoms with Crippen LogP contribution in [0, 0.1) is 0 Å². The molecule has 0 aliphatic heterocycles. The van der Waals surface area contributed by atoms with Crippen molar-refractivity contribution in [2.75, 3.05) is 14.1 Å². The lowest BCUT2D eigenvalue weighted by molar-refractivity contribution is 0.595. The van der Waals surface area contributed by atoms with Crippen LogP contribution in [0.5, 0.6) is 0 Å². The maximum Gasteiger partial charge on any atom is 0.0708 e. The molecular formula is C19H19BrN2. The van der Waals surface area contributed by atoms with Gasteiger partial charge in [0.1, 0.15) is 0 Å². The van der Waals surface area contributed by atoms with Crippen LogP contribution in [0.15, 0.2) is 66.9 Å². The van der Waals surface area contributed by atoms with E-state index in [1.54, 1.807) is 0 Å². The van der Waals surface area contributed by atoms with Crippen LogP contribution in [0.2, 0.25) is 0 Å². The van der Waals surface area contributed by atoms with E-state index in [-0.39, 0.29) is 17.0 Å². The fourth-order valence-electron chi connectivity index (χ4n) is 2.47. The lowest BCUT2D eigenvalue weighted by atomic mass is 10.0. The zero-order chi connectivity index (χ0) is 14.7. The van der Waals surface area contributed by atoms with Gasteiger partial charge in [-0.3, -0.25) is 4.98 Å². The Labute approximate surface area is 141 Å². The van der Waals surface area contributed by atoms with E-state index < -0.39 is 0 Å². The molecule has 3 aromatic rings. The van der Waals surface area contributed by atoms with Crippen LogP contribution >= 0.6 is 17.0 Å². The summed E-state index contributed by atoms with van der Waals surface area (Å²) in [7, 11) is 4.15. The molecule has 112 valence electrons. The minimum Gasteiger partial charge on any atom is -0.377 e. The number of hydrogen-bond donors (Lipinski definition) is 0. The van der Waals surface area contributed by atoms with Gasteiger partial charge in [-0.25, -0.2) is 0 Å². The van der Waals surface area contributed by atoms with E-state index in [2.05, 4.69) is 78.6 Å². The Morgan fingerprint density at radius 3 is 2.32 bits per heavy atom. The summed E-state index contributed by atoms with van der Waals surface area (Å²) >= 11 is 0. The van der Waals surface area contributed by atoms with E-state index in [1.807, 2.05) is 18.3 Å². The van der Waals surface area contributed by atoms with E-state index in [1.165, 1.54) is 22.2 Å². The van der Waals surface area contributed by atoms with Crippen LogP contribution in [0.25, 0.3) is 22.7 Å². The molecule has 1 aromatic heterocycles. The predicted molar refractivity (Wildman–Crippen MR) is 100 cm³/mol. The standard InChI is InChI=1S/C19H18N2.BrH/c1-21(2)19(14-15-8-4-3-5-9-15)17-12-13-20-18-11-7-6-10-16(17)18;/h3-14H,1-2H3;1H. The fourth-order valence-corrected chi connectivity index (χ4v) is 2.47. The summed E-state index contributed by atoms with van der Waals surface area (Å²) in [5.41, 5.74) is 4.60. The quantitative estimate of drug-likeness (QED) is 0.666. The smallest absolute Gasteiger partial charge is 0.0708 e. The van der Waals surface area contributed by atoms with Crippen LogP contribution in [-0.4, -0.2) is 24.0 Å². The second-order valence-electron chi connectivity index (χ2n) is 5.21. The molecule has 0 spiro atoms. The van der Waals surface area contributed by atoms with Gasteiger partial charge in [0.2, 0.25) is 0 Å². The molecule has 0 aliphatic rings. The number of pyridine rings is 1. The van der Waals surface area contributed by atoms with E-state index >= 15 is 0 Å². The van der Waals surface area contributed by atoms with E-state index in [0.717, 1.165) is 5.52 Å². The number of para-hydroxylation sites is 1. The first-order chi connectivity index (χ1) is 10.3. The Morgan fingerprint density at radius 2 is 1.59 bits per heavy atom. The summed E-state index contributed by atoms with van der Waals surface area (Å²) in [6.45, 7) is 0. The van der Waals surface area contributed by atoms with Crippen molar-refractivity contribution in [2.45, 2.75) is 0 Å². The molecule has 3 rings (SSSR count). The minimum absolute atomic E-state index is 0. The molecule has 0 bridgehead atoms. The highest BCUT2D eigenvalue weighted by atomic mass is 79.9. The third-order valence-corrected chi connectivity index (χ3v) is 3.51. The van der Waals surface area contributed by atoms with E-state index in [9.17, 15) is 0 Å². The first-order valence-electron chi connectivity index (χ1n) is 7.04. The van der Waals surface area contributed by atoms with Crippen molar-refractivity contribution in [3.8, 4) is 0 Å². The second-order valence-corrected chi connectivity index (χ2v) is 5.21. The second kappa shape index (κ2) is 7.23. The summed E-state index contributed by atoms with van der Waals surface area (Å²) in [6, 6.07) is 20.7. The van der Waals surface area contributed by atoms with Crippen molar-refractivity contribution in [3.05, 3.63) is 78.0 Å². The third-order valence-electron chi connectivity index (χ3n) is 3.51. The van der Waals surface area contributed by atoms with Gasteiger partial charge in [0.05, 0.1) is 5.52 Å². The summed E-state index contributed by atoms with van der Waals surface area (Å²) in [6.07, 6.45) is 4.09. The topological polar surface area (TPSA) is 16.1 Å².